The minimum absolute atomic E-state index is 0.204. The Kier molecular flexibility index (Phi) is 3.16. The summed E-state index contributed by atoms with van der Waals surface area (Å²) in [4.78, 5) is 2.16. The molecule has 0 spiro atoms. The Hall–Kier alpha value is -1.16. The first kappa shape index (κ1) is 10.4. The number of nitrogens with zero attached hydrogens (tertiary/aromatic N) is 3. The molecule has 1 aliphatic rings. The summed E-state index contributed by atoms with van der Waals surface area (Å²) < 4.78 is 0. The van der Waals surface area contributed by atoms with E-state index in [1.54, 1.807) is 0 Å². The normalized spacial score (nSPS) is 21.7. The third-order valence-corrected chi connectivity index (χ3v) is 2.92. The zero-order valence-electron chi connectivity index (χ0n) is 9.06. The predicted octanol–water partition coefficient (Wildman–Crippen LogP) is 1.14. The van der Waals surface area contributed by atoms with Crippen LogP contribution in [0.4, 0.5) is 5.82 Å². The Labute approximate surface area is 89.9 Å². The first-order valence-corrected chi connectivity index (χ1v) is 5.49. The highest BCUT2D eigenvalue weighted by Gasteiger charge is 2.22. The van der Waals surface area contributed by atoms with Crippen LogP contribution in [0.3, 0.4) is 0 Å². The predicted molar refractivity (Wildman–Crippen MR) is 58.8 cm³/mol. The molecule has 1 aromatic heterocycles. The Morgan fingerprint density at radius 3 is 2.93 bits per heavy atom. The maximum absolute atomic E-state index is 9.29. The second-order valence-electron chi connectivity index (χ2n) is 4.06. The number of aliphatic hydroxyl groups excluding tert-OH is 1. The first-order valence-electron chi connectivity index (χ1n) is 5.49. The fourth-order valence-electron chi connectivity index (χ4n) is 2.04. The van der Waals surface area contributed by atoms with E-state index in [4.69, 9.17) is 0 Å². The van der Waals surface area contributed by atoms with E-state index < -0.39 is 0 Å². The lowest BCUT2D eigenvalue weighted by Gasteiger charge is -2.35. The van der Waals surface area contributed by atoms with Gasteiger partial charge in [0.15, 0.2) is 5.82 Å². The van der Waals surface area contributed by atoms with Crippen LogP contribution in [0, 0.1) is 6.92 Å². The van der Waals surface area contributed by atoms with Crippen LogP contribution in [0.15, 0.2) is 12.1 Å². The minimum Gasteiger partial charge on any atom is -0.394 e. The molecule has 0 amide bonds. The zero-order valence-corrected chi connectivity index (χ0v) is 9.06. The number of aryl methyl sites for hydroxylation is 1. The largest absolute Gasteiger partial charge is 0.394 e. The number of hydrogen-bond donors (Lipinski definition) is 1. The fraction of sp³-hybridized carbons (Fsp3) is 0.636. The van der Waals surface area contributed by atoms with Crippen LogP contribution in [0.5, 0.6) is 0 Å². The monoisotopic (exact) mass is 207 g/mol. The highest BCUT2D eigenvalue weighted by atomic mass is 16.3. The third kappa shape index (κ3) is 2.26. The van der Waals surface area contributed by atoms with E-state index >= 15 is 0 Å². The van der Waals surface area contributed by atoms with Gasteiger partial charge in [0, 0.05) is 6.54 Å². The van der Waals surface area contributed by atoms with Gasteiger partial charge in [0.25, 0.3) is 0 Å². The summed E-state index contributed by atoms with van der Waals surface area (Å²) in [6.45, 7) is 3.11. The van der Waals surface area contributed by atoms with E-state index in [0.29, 0.717) is 0 Å². The Morgan fingerprint density at radius 1 is 1.40 bits per heavy atom. The van der Waals surface area contributed by atoms with Gasteiger partial charge in [-0.25, -0.2) is 0 Å². The van der Waals surface area contributed by atoms with E-state index in [1.807, 2.05) is 19.1 Å². The van der Waals surface area contributed by atoms with Crippen molar-refractivity contribution in [2.24, 2.45) is 0 Å². The Balaban J connectivity index is 2.16. The van der Waals surface area contributed by atoms with Crippen LogP contribution in [-0.4, -0.2) is 34.5 Å². The van der Waals surface area contributed by atoms with Crippen LogP contribution in [0.1, 0.15) is 25.0 Å². The molecule has 0 saturated carbocycles. The molecule has 0 unspecified atom stereocenters. The van der Waals surface area contributed by atoms with Crippen LogP contribution in [0.25, 0.3) is 0 Å². The average Bonchev–Trinajstić information content (AvgIpc) is 2.30. The highest BCUT2D eigenvalue weighted by Crippen LogP contribution is 2.22. The Morgan fingerprint density at radius 2 is 2.27 bits per heavy atom. The van der Waals surface area contributed by atoms with Gasteiger partial charge < -0.3 is 10.0 Å². The molecule has 0 aliphatic carbocycles. The molecule has 1 fully saturated rings. The lowest BCUT2D eigenvalue weighted by atomic mass is 10.0. The molecular formula is C11H17N3O. The van der Waals surface area contributed by atoms with Gasteiger partial charge in [0.1, 0.15) is 0 Å². The van der Waals surface area contributed by atoms with Crippen LogP contribution < -0.4 is 4.90 Å². The summed E-state index contributed by atoms with van der Waals surface area (Å²) in [7, 11) is 0. The molecule has 0 radical (unpaired) electrons. The molecule has 1 atom stereocenters. The van der Waals surface area contributed by atoms with Gasteiger partial charge in [0.05, 0.1) is 18.3 Å². The summed E-state index contributed by atoms with van der Waals surface area (Å²) in [6, 6.07) is 4.16. The van der Waals surface area contributed by atoms with Crippen molar-refractivity contribution in [2.45, 2.75) is 32.2 Å². The molecule has 15 heavy (non-hydrogen) atoms. The lowest BCUT2D eigenvalue weighted by molar-refractivity contribution is 0.239. The van der Waals surface area contributed by atoms with Crippen molar-refractivity contribution >= 4 is 5.82 Å². The molecule has 2 rings (SSSR count). The highest BCUT2D eigenvalue weighted by molar-refractivity contribution is 5.39. The third-order valence-electron chi connectivity index (χ3n) is 2.92. The number of aromatic nitrogens is 2. The van der Waals surface area contributed by atoms with Crippen molar-refractivity contribution in [3.05, 3.63) is 17.8 Å². The number of hydrogen-bond acceptors (Lipinski definition) is 4. The van der Waals surface area contributed by atoms with Crippen molar-refractivity contribution in [1.82, 2.24) is 10.2 Å². The zero-order chi connectivity index (χ0) is 10.7. The summed E-state index contributed by atoms with van der Waals surface area (Å²) in [5.74, 6) is 0.888. The van der Waals surface area contributed by atoms with Crippen LogP contribution >= 0.6 is 0 Å². The van der Waals surface area contributed by atoms with Gasteiger partial charge in [-0.1, -0.05) is 0 Å². The summed E-state index contributed by atoms with van der Waals surface area (Å²) in [5, 5.41) is 17.5. The summed E-state index contributed by atoms with van der Waals surface area (Å²) in [5.41, 5.74) is 0.927. The van der Waals surface area contributed by atoms with E-state index in [1.165, 1.54) is 12.8 Å². The standard InChI is InChI=1S/C11H17N3O/c1-9-5-6-11(13-12-9)14-7-3-2-4-10(14)8-15/h5-6,10,15H,2-4,7-8H2,1H3/t10-/m0/s1. The molecule has 1 saturated heterocycles. The van der Waals surface area contributed by atoms with Crippen molar-refractivity contribution in [1.29, 1.82) is 0 Å². The molecule has 1 N–H and O–H groups in total. The molecular weight excluding hydrogens is 190 g/mol. The van der Waals surface area contributed by atoms with Crippen molar-refractivity contribution in [2.75, 3.05) is 18.1 Å². The lowest BCUT2D eigenvalue weighted by Crippen LogP contribution is -2.42. The van der Waals surface area contributed by atoms with E-state index in [2.05, 4.69) is 15.1 Å². The topological polar surface area (TPSA) is 49.2 Å². The summed E-state index contributed by atoms with van der Waals surface area (Å²) >= 11 is 0. The van der Waals surface area contributed by atoms with Crippen LogP contribution in [0.2, 0.25) is 0 Å². The maximum Gasteiger partial charge on any atom is 0.151 e. The second-order valence-corrected chi connectivity index (χ2v) is 4.06. The molecule has 0 bridgehead atoms. The number of piperidine rings is 1. The fourth-order valence-corrected chi connectivity index (χ4v) is 2.04. The van der Waals surface area contributed by atoms with E-state index in [-0.39, 0.29) is 12.6 Å². The smallest absolute Gasteiger partial charge is 0.151 e. The van der Waals surface area contributed by atoms with Gasteiger partial charge >= 0.3 is 0 Å². The molecule has 1 aromatic rings. The molecule has 1 aliphatic heterocycles. The van der Waals surface area contributed by atoms with Crippen molar-refractivity contribution < 1.29 is 5.11 Å². The van der Waals surface area contributed by atoms with E-state index in [9.17, 15) is 5.11 Å². The van der Waals surface area contributed by atoms with Crippen LogP contribution in [-0.2, 0) is 0 Å². The van der Waals surface area contributed by atoms with Crippen molar-refractivity contribution in [3.63, 3.8) is 0 Å². The molecule has 82 valence electrons. The van der Waals surface area contributed by atoms with Gasteiger partial charge in [-0.3, -0.25) is 0 Å². The molecule has 2 heterocycles. The number of anilines is 1. The maximum atomic E-state index is 9.29. The van der Waals surface area contributed by atoms with Gasteiger partial charge in [0.2, 0.25) is 0 Å². The minimum atomic E-state index is 0.204. The number of rotatable bonds is 2. The molecule has 4 heteroatoms. The molecule has 0 aromatic carbocycles. The first-order chi connectivity index (χ1) is 7.31. The second kappa shape index (κ2) is 4.57. The van der Waals surface area contributed by atoms with Crippen molar-refractivity contribution in [3.8, 4) is 0 Å². The number of aliphatic hydroxyl groups is 1. The summed E-state index contributed by atoms with van der Waals surface area (Å²) in [6.07, 6.45) is 3.42. The Bertz CT molecular complexity index is 312. The SMILES string of the molecule is Cc1ccc(N2CCCC[C@H]2CO)nn1. The quantitative estimate of drug-likeness (QED) is 0.790. The average molecular weight is 207 g/mol. The van der Waals surface area contributed by atoms with E-state index in [0.717, 1.165) is 24.5 Å². The van der Waals surface area contributed by atoms with Gasteiger partial charge in [-0.05, 0) is 38.3 Å². The molecule has 4 nitrogen and oxygen atoms in total. The van der Waals surface area contributed by atoms with Gasteiger partial charge in [-0.2, -0.15) is 5.10 Å². The van der Waals surface area contributed by atoms with Gasteiger partial charge in [-0.15, -0.1) is 5.10 Å².